The van der Waals surface area contributed by atoms with Crippen LogP contribution in [0.25, 0.3) is 11.4 Å². The highest BCUT2D eigenvalue weighted by atomic mass is 79.9. The topological polar surface area (TPSA) is 33.6 Å². The van der Waals surface area contributed by atoms with Crippen molar-refractivity contribution < 1.29 is 4.39 Å². The Balaban J connectivity index is 2.59. The number of aromatic nitrogens is 3. The number of hydrogen-bond donors (Lipinski definition) is 1. The highest BCUT2D eigenvalue weighted by Gasteiger charge is 2.07. The van der Waals surface area contributed by atoms with Crippen molar-refractivity contribution in [3.8, 4) is 11.4 Å². The van der Waals surface area contributed by atoms with Crippen LogP contribution < -0.4 is 0 Å². The van der Waals surface area contributed by atoms with E-state index in [1.165, 1.54) is 6.07 Å². The minimum absolute atomic E-state index is 0.296. The standard InChI is InChI=1S/C9H7BrFN3S/c1-14-8(12-13-9(14)15)5-2-3-7(11)6(10)4-5/h2-4H,1H3,(H,13,15). The zero-order chi connectivity index (χ0) is 11.0. The number of nitrogens with zero attached hydrogens (tertiary/aromatic N) is 2. The minimum atomic E-state index is -0.296. The molecule has 0 amide bonds. The molecule has 1 aromatic heterocycles. The highest BCUT2D eigenvalue weighted by Crippen LogP contribution is 2.23. The second kappa shape index (κ2) is 3.86. The fourth-order valence-corrected chi connectivity index (χ4v) is 1.75. The van der Waals surface area contributed by atoms with Gasteiger partial charge in [-0.25, -0.2) is 4.39 Å². The number of H-pyrrole nitrogens is 1. The first kappa shape index (κ1) is 10.5. The Morgan fingerprint density at radius 2 is 2.27 bits per heavy atom. The Hall–Kier alpha value is -1.01. The van der Waals surface area contributed by atoms with E-state index in [2.05, 4.69) is 26.1 Å². The molecular formula is C9H7BrFN3S. The molecule has 78 valence electrons. The third kappa shape index (κ3) is 1.87. The third-order valence-corrected chi connectivity index (χ3v) is 3.03. The van der Waals surface area contributed by atoms with Crippen LogP contribution in [-0.4, -0.2) is 14.8 Å². The quantitative estimate of drug-likeness (QED) is 0.818. The van der Waals surface area contributed by atoms with Crippen molar-refractivity contribution in [3.63, 3.8) is 0 Å². The molecule has 1 aromatic carbocycles. The second-order valence-corrected chi connectivity index (χ2v) is 4.28. The summed E-state index contributed by atoms with van der Waals surface area (Å²) in [6.07, 6.45) is 0. The maximum absolute atomic E-state index is 13.0. The van der Waals surface area contributed by atoms with Crippen LogP contribution in [-0.2, 0) is 7.05 Å². The Labute approximate surface area is 99.1 Å². The van der Waals surface area contributed by atoms with Gasteiger partial charge >= 0.3 is 0 Å². The predicted octanol–water partition coefficient (Wildman–Crippen LogP) is 3.05. The zero-order valence-electron chi connectivity index (χ0n) is 7.79. The van der Waals surface area contributed by atoms with Crippen LogP contribution in [0.1, 0.15) is 0 Å². The molecule has 0 fully saturated rings. The van der Waals surface area contributed by atoms with Gasteiger partial charge in [-0.2, -0.15) is 5.10 Å². The average molecular weight is 288 g/mol. The monoisotopic (exact) mass is 287 g/mol. The molecule has 15 heavy (non-hydrogen) atoms. The molecule has 6 heteroatoms. The molecule has 0 unspecified atom stereocenters. The summed E-state index contributed by atoms with van der Waals surface area (Å²) in [7, 11) is 1.80. The van der Waals surface area contributed by atoms with Gasteiger partial charge in [0.25, 0.3) is 0 Å². The van der Waals surface area contributed by atoms with E-state index in [9.17, 15) is 4.39 Å². The molecular weight excluding hydrogens is 281 g/mol. The number of hydrogen-bond acceptors (Lipinski definition) is 2. The molecule has 0 aliphatic rings. The normalized spacial score (nSPS) is 10.6. The summed E-state index contributed by atoms with van der Waals surface area (Å²) >= 11 is 8.12. The largest absolute Gasteiger partial charge is 0.303 e. The van der Waals surface area contributed by atoms with E-state index in [-0.39, 0.29) is 5.82 Å². The van der Waals surface area contributed by atoms with Crippen LogP contribution in [0, 0.1) is 10.6 Å². The Morgan fingerprint density at radius 1 is 1.53 bits per heavy atom. The van der Waals surface area contributed by atoms with E-state index in [1.54, 1.807) is 23.7 Å². The van der Waals surface area contributed by atoms with E-state index in [4.69, 9.17) is 12.2 Å². The number of halogens is 2. The first-order chi connectivity index (χ1) is 7.09. The fourth-order valence-electron chi connectivity index (χ4n) is 1.24. The Bertz CT molecular complexity index is 561. The first-order valence-corrected chi connectivity index (χ1v) is 5.36. The lowest BCUT2D eigenvalue weighted by molar-refractivity contribution is 0.621. The van der Waals surface area contributed by atoms with Crippen LogP contribution in [0.2, 0.25) is 0 Å². The molecule has 0 spiro atoms. The van der Waals surface area contributed by atoms with Gasteiger partial charge in [-0.3, -0.25) is 5.10 Å². The van der Waals surface area contributed by atoms with Gasteiger partial charge in [0.1, 0.15) is 5.82 Å². The van der Waals surface area contributed by atoms with Crippen molar-refractivity contribution in [2.75, 3.05) is 0 Å². The van der Waals surface area contributed by atoms with E-state index in [0.29, 0.717) is 15.1 Å². The van der Waals surface area contributed by atoms with Crippen molar-refractivity contribution in [1.82, 2.24) is 14.8 Å². The van der Waals surface area contributed by atoms with E-state index >= 15 is 0 Å². The molecule has 0 radical (unpaired) electrons. The van der Waals surface area contributed by atoms with Gasteiger partial charge in [0, 0.05) is 12.6 Å². The smallest absolute Gasteiger partial charge is 0.195 e. The average Bonchev–Trinajstić information content (AvgIpc) is 2.53. The van der Waals surface area contributed by atoms with Crippen LogP contribution in [0.15, 0.2) is 22.7 Å². The van der Waals surface area contributed by atoms with Crippen LogP contribution in [0.5, 0.6) is 0 Å². The lowest BCUT2D eigenvalue weighted by Gasteiger charge is -2.01. The summed E-state index contributed by atoms with van der Waals surface area (Å²) in [6, 6.07) is 4.71. The van der Waals surface area contributed by atoms with Crippen molar-refractivity contribution in [2.24, 2.45) is 7.05 Å². The minimum Gasteiger partial charge on any atom is -0.303 e. The molecule has 0 atom stereocenters. The maximum Gasteiger partial charge on any atom is 0.195 e. The Kier molecular flexibility index (Phi) is 2.70. The van der Waals surface area contributed by atoms with E-state index < -0.39 is 0 Å². The summed E-state index contributed by atoms with van der Waals surface area (Å²) in [6.45, 7) is 0. The maximum atomic E-state index is 13.0. The predicted molar refractivity (Wildman–Crippen MR) is 61.5 cm³/mol. The molecule has 2 rings (SSSR count). The third-order valence-electron chi connectivity index (χ3n) is 2.06. The molecule has 0 bridgehead atoms. The molecule has 1 N–H and O–H groups in total. The molecule has 0 aliphatic heterocycles. The number of nitrogens with one attached hydrogen (secondary N) is 1. The first-order valence-electron chi connectivity index (χ1n) is 4.16. The van der Waals surface area contributed by atoms with Gasteiger partial charge in [-0.05, 0) is 46.3 Å². The Morgan fingerprint density at radius 3 is 2.80 bits per heavy atom. The zero-order valence-corrected chi connectivity index (χ0v) is 10.2. The SMILES string of the molecule is Cn1c(-c2ccc(F)c(Br)c2)n[nH]c1=S. The molecule has 2 aromatic rings. The lowest BCUT2D eigenvalue weighted by Crippen LogP contribution is -1.93. The van der Waals surface area contributed by atoms with Gasteiger partial charge in [0.15, 0.2) is 10.6 Å². The molecule has 0 saturated carbocycles. The fraction of sp³-hybridized carbons (Fsp3) is 0.111. The second-order valence-electron chi connectivity index (χ2n) is 3.04. The summed E-state index contributed by atoms with van der Waals surface area (Å²) in [5.74, 6) is 0.385. The van der Waals surface area contributed by atoms with E-state index in [0.717, 1.165) is 5.56 Å². The van der Waals surface area contributed by atoms with E-state index in [1.807, 2.05) is 0 Å². The summed E-state index contributed by atoms with van der Waals surface area (Å²) in [5, 5.41) is 6.74. The summed E-state index contributed by atoms with van der Waals surface area (Å²) < 4.78 is 15.7. The van der Waals surface area contributed by atoms with Gasteiger partial charge in [-0.1, -0.05) is 0 Å². The van der Waals surface area contributed by atoms with Crippen molar-refractivity contribution in [3.05, 3.63) is 33.3 Å². The van der Waals surface area contributed by atoms with Gasteiger partial charge in [-0.15, -0.1) is 0 Å². The molecule has 0 aliphatic carbocycles. The number of rotatable bonds is 1. The lowest BCUT2D eigenvalue weighted by atomic mass is 10.2. The number of benzene rings is 1. The van der Waals surface area contributed by atoms with Crippen LogP contribution in [0.4, 0.5) is 4.39 Å². The number of aromatic amines is 1. The van der Waals surface area contributed by atoms with Gasteiger partial charge < -0.3 is 4.57 Å². The molecule has 0 saturated heterocycles. The van der Waals surface area contributed by atoms with Crippen LogP contribution >= 0.6 is 28.1 Å². The van der Waals surface area contributed by atoms with Gasteiger partial charge in [0.2, 0.25) is 0 Å². The highest BCUT2D eigenvalue weighted by molar-refractivity contribution is 9.10. The van der Waals surface area contributed by atoms with Crippen molar-refractivity contribution in [2.45, 2.75) is 0 Å². The van der Waals surface area contributed by atoms with Crippen molar-refractivity contribution >= 4 is 28.1 Å². The molecule has 3 nitrogen and oxygen atoms in total. The summed E-state index contributed by atoms with van der Waals surface area (Å²) in [4.78, 5) is 0. The summed E-state index contributed by atoms with van der Waals surface area (Å²) in [5.41, 5.74) is 0.804. The molecule has 1 heterocycles. The van der Waals surface area contributed by atoms with Crippen molar-refractivity contribution in [1.29, 1.82) is 0 Å². The van der Waals surface area contributed by atoms with Gasteiger partial charge in [0.05, 0.1) is 4.47 Å². The van der Waals surface area contributed by atoms with Crippen LogP contribution in [0.3, 0.4) is 0 Å².